The van der Waals surface area contributed by atoms with E-state index in [1.165, 1.54) is 4.88 Å². The number of piperidine rings is 1. The van der Waals surface area contributed by atoms with E-state index in [9.17, 15) is 9.90 Å². The normalized spacial score (nSPS) is 15.5. The number of carboxylic acids is 1. The lowest BCUT2D eigenvalue weighted by Crippen LogP contribution is -2.38. The Hall–Kier alpha value is -1.34. The molecular weight excluding hydrogens is 453 g/mol. The summed E-state index contributed by atoms with van der Waals surface area (Å²) in [5.74, 6) is 0.254. The van der Waals surface area contributed by atoms with E-state index in [1.807, 2.05) is 12.1 Å². The van der Waals surface area contributed by atoms with Crippen LogP contribution in [0, 0.1) is 11.8 Å². The number of likely N-dealkylation sites (tertiary alicyclic amines) is 1. The van der Waals surface area contributed by atoms with Crippen LogP contribution in [-0.2, 0) is 11.2 Å². The Labute approximate surface area is 199 Å². The van der Waals surface area contributed by atoms with Gasteiger partial charge in [-0.1, -0.05) is 43.1 Å². The minimum absolute atomic E-state index is 0.105. The SMILES string of the molecule is CC(C)Cc1sc(N(CCC(=O)O)CC2CCN(C)CC2)nc1-c1ccc(Cl)c(Cl)c1. The van der Waals surface area contributed by atoms with Gasteiger partial charge >= 0.3 is 5.97 Å². The lowest BCUT2D eigenvalue weighted by molar-refractivity contribution is -0.136. The zero-order valence-electron chi connectivity index (χ0n) is 18.4. The summed E-state index contributed by atoms with van der Waals surface area (Å²) in [7, 11) is 2.15. The molecular formula is C23H31Cl2N3O2S. The van der Waals surface area contributed by atoms with Crippen molar-refractivity contribution in [3.05, 3.63) is 33.1 Å². The first-order chi connectivity index (χ1) is 14.7. The number of anilines is 1. The second-order valence-electron chi connectivity index (χ2n) is 8.83. The Morgan fingerprint density at radius 1 is 1.29 bits per heavy atom. The van der Waals surface area contributed by atoms with Gasteiger partial charge in [0.05, 0.1) is 22.2 Å². The van der Waals surface area contributed by atoms with Crippen molar-refractivity contribution in [3.8, 4) is 11.3 Å². The molecule has 1 aliphatic heterocycles. The van der Waals surface area contributed by atoms with Crippen molar-refractivity contribution in [2.24, 2.45) is 11.8 Å². The summed E-state index contributed by atoms with van der Waals surface area (Å²) in [6.45, 7) is 7.87. The molecule has 170 valence electrons. The Morgan fingerprint density at radius 3 is 2.61 bits per heavy atom. The summed E-state index contributed by atoms with van der Waals surface area (Å²) in [6, 6.07) is 5.62. The zero-order valence-corrected chi connectivity index (χ0v) is 20.7. The average Bonchev–Trinajstić information content (AvgIpc) is 3.11. The zero-order chi connectivity index (χ0) is 22.5. The van der Waals surface area contributed by atoms with Crippen LogP contribution in [0.2, 0.25) is 10.0 Å². The molecule has 0 spiro atoms. The molecule has 1 aliphatic rings. The van der Waals surface area contributed by atoms with Crippen LogP contribution in [0.25, 0.3) is 11.3 Å². The van der Waals surface area contributed by atoms with E-state index in [4.69, 9.17) is 28.2 Å². The fraction of sp³-hybridized carbons (Fsp3) is 0.565. The van der Waals surface area contributed by atoms with Crippen molar-refractivity contribution in [2.75, 3.05) is 38.1 Å². The third-order valence-corrected chi connectivity index (χ3v) is 7.53. The number of thiazole rings is 1. The van der Waals surface area contributed by atoms with E-state index in [1.54, 1.807) is 17.4 Å². The quantitative estimate of drug-likeness (QED) is 0.478. The van der Waals surface area contributed by atoms with Gasteiger partial charge in [-0.25, -0.2) is 4.98 Å². The fourth-order valence-electron chi connectivity index (χ4n) is 3.90. The van der Waals surface area contributed by atoms with Gasteiger partial charge in [-0.3, -0.25) is 4.79 Å². The molecule has 1 fully saturated rings. The number of aromatic nitrogens is 1. The van der Waals surface area contributed by atoms with Crippen LogP contribution >= 0.6 is 34.5 Å². The Bertz CT molecular complexity index is 895. The molecule has 0 unspecified atom stereocenters. The van der Waals surface area contributed by atoms with Gasteiger partial charge in [0.2, 0.25) is 0 Å². The predicted octanol–water partition coefficient (Wildman–Crippen LogP) is 5.94. The summed E-state index contributed by atoms with van der Waals surface area (Å²) in [5, 5.41) is 11.2. The molecule has 1 saturated heterocycles. The molecule has 0 saturated carbocycles. The van der Waals surface area contributed by atoms with Crippen LogP contribution in [0.5, 0.6) is 0 Å². The van der Waals surface area contributed by atoms with Crippen LogP contribution in [0.4, 0.5) is 5.13 Å². The molecule has 31 heavy (non-hydrogen) atoms. The number of carbonyl (C=O) groups is 1. The van der Waals surface area contributed by atoms with Gasteiger partial charge in [-0.2, -0.15) is 0 Å². The van der Waals surface area contributed by atoms with Crippen LogP contribution < -0.4 is 4.90 Å². The van der Waals surface area contributed by atoms with Crippen LogP contribution in [0.15, 0.2) is 18.2 Å². The van der Waals surface area contributed by atoms with Crippen LogP contribution in [-0.4, -0.2) is 54.2 Å². The largest absolute Gasteiger partial charge is 0.481 e. The lowest BCUT2D eigenvalue weighted by Gasteiger charge is -2.33. The van der Waals surface area contributed by atoms with E-state index in [0.29, 0.717) is 28.4 Å². The highest BCUT2D eigenvalue weighted by molar-refractivity contribution is 7.16. The van der Waals surface area contributed by atoms with Crippen molar-refractivity contribution < 1.29 is 9.90 Å². The molecule has 8 heteroatoms. The van der Waals surface area contributed by atoms with Crippen molar-refractivity contribution >= 4 is 45.6 Å². The standard InChI is InChI=1S/C23H31Cl2N3O2S/c1-15(2)12-20-22(17-4-5-18(24)19(25)13-17)26-23(31-20)28(11-8-21(29)30)14-16-6-9-27(3)10-7-16/h4-5,13,15-16H,6-12,14H2,1-3H3,(H,29,30). The van der Waals surface area contributed by atoms with Gasteiger partial charge in [0, 0.05) is 23.5 Å². The second kappa shape index (κ2) is 11.0. The minimum atomic E-state index is -0.781. The lowest BCUT2D eigenvalue weighted by atomic mass is 9.96. The molecule has 1 aromatic carbocycles. The minimum Gasteiger partial charge on any atom is -0.481 e. The van der Waals surface area contributed by atoms with Crippen LogP contribution in [0.1, 0.15) is 38.0 Å². The molecule has 2 aromatic rings. The number of benzene rings is 1. The van der Waals surface area contributed by atoms with Crippen molar-refractivity contribution in [1.29, 1.82) is 0 Å². The predicted molar refractivity (Wildman–Crippen MR) is 131 cm³/mol. The third-order valence-electron chi connectivity index (χ3n) is 5.66. The number of aliphatic carboxylic acids is 1. The van der Waals surface area contributed by atoms with Crippen molar-refractivity contribution in [1.82, 2.24) is 9.88 Å². The number of rotatable bonds is 9. The molecule has 0 amide bonds. The highest BCUT2D eigenvalue weighted by Gasteiger charge is 2.24. The molecule has 1 N–H and O–H groups in total. The summed E-state index contributed by atoms with van der Waals surface area (Å²) < 4.78 is 0. The van der Waals surface area contributed by atoms with E-state index < -0.39 is 5.97 Å². The van der Waals surface area contributed by atoms with Gasteiger partial charge in [-0.05, 0) is 63.4 Å². The number of nitrogens with zero attached hydrogens (tertiary/aromatic N) is 3. The van der Waals surface area contributed by atoms with E-state index in [0.717, 1.165) is 55.3 Å². The monoisotopic (exact) mass is 483 g/mol. The topological polar surface area (TPSA) is 56.7 Å². The molecule has 0 bridgehead atoms. The van der Waals surface area contributed by atoms with Gasteiger partial charge in [0.25, 0.3) is 0 Å². The number of carboxylic acid groups (broad SMARTS) is 1. The molecule has 0 atom stereocenters. The maximum absolute atomic E-state index is 11.3. The van der Waals surface area contributed by atoms with Gasteiger partial charge < -0.3 is 14.9 Å². The van der Waals surface area contributed by atoms with E-state index in [-0.39, 0.29) is 6.42 Å². The number of hydrogen-bond acceptors (Lipinski definition) is 5. The Morgan fingerprint density at radius 2 is 2.00 bits per heavy atom. The van der Waals surface area contributed by atoms with E-state index >= 15 is 0 Å². The fourth-order valence-corrected chi connectivity index (χ4v) is 5.53. The third kappa shape index (κ3) is 6.82. The van der Waals surface area contributed by atoms with Gasteiger partial charge in [-0.15, -0.1) is 11.3 Å². The first kappa shape index (κ1) is 24.3. The first-order valence-corrected chi connectivity index (χ1v) is 12.4. The smallest absolute Gasteiger partial charge is 0.305 e. The molecule has 5 nitrogen and oxygen atoms in total. The molecule has 2 heterocycles. The number of halogens is 2. The maximum atomic E-state index is 11.3. The van der Waals surface area contributed by atoms with Gasteiger partial charge in [0.15, 0.2) is 5.13 Å². The molecule has 0 radical (unpaired) electrons. The van der Waals surface area contributed by atoms with Crippen molar-refractivity contribution in [3.63, 3.8) is 0 Å². The maximum Gasteiger partial charge on any atom is 0.305 e. The summed E-state index contributed by atoms with van der Waals surface area (Å²) in [5.41, 5.74) is 1.88. The average molecular weight is 484 g/mol. The second-order valence-corrected chi connectivity index (χ2v) is 10.7. The highest BCUT2D eigenvalue weighted by Crippen LogP contribution is 2.37. The Balaban J connectivity index is 1.92. The Kier molecular flexibility index (Phi) is 8.62. The molecule has 3 rings (SSSR count). The van der Waals surface area contributed by atoms with E-state index in [2.05, 4.69) is 30.7 Å². The summed E-state index contributed by atoms with van der Waals surface area (Å²) >= 11 is 14.1. The summed E-state index contributed by atoms with van der Waals surface area (Å²) in [4.78, 5) is 22.0. The molecule has 1 aromatic heterocycles. The molecule has 0 aliphatic carbocycles. The van der Waals surface area contributed by atoms with Crippen molar-refractivity contribution in [2.45, 2.75) is 39.5 Å². The summed E-state index contributed by atoms with van der Waals surface area (Å²) in [6.07, 6.45) is 3.27. The highest BCUT2D eigenvalue weighted by atomic mass is 35.5. The number of hydrogen-bond donors (Lipinski definition) is 1. The van der Waals surface area contributed by atoms with Crippen LogP contribution in [0.3, 0.4) is 0 Å². The van der Waals surface area contributed by atoms with Gasteiger partial charge in [0.1, 0.15) is 0 Å². The first-order valence-electron chi connectivity index (χ1n) is 10.8.